The molecule has 6 nitrogen and oxygen atoms in total. The third-order valence-electron chi connectivity index (χ3n) is 10.9. The lowest BCUT2D eigenvalue weighted by molar-refractivity contribution is -0.139. The van der Waals surface area contributed by atoms with E-state index in [-0.39, 0.29) is 11.9 Å². The van der Waals surface area contributed by atoms with Crippen LogP contribution >= 0.6 is 0 Å². The molecule has 0 radical (unpaired) electrons. The second kappa shape index (κ2) is 19.4. The van der Waals surface area contributed by atoms with E-state index in [0.717, 1.165) is 35.3 Å². The van der Waals surface area contributed by atoms with Crippen molar-refractivity contribution in [2.24, 2.45) is 0 Å². The van der Waals surface area contributed by atoms with Crippen LogP contribution in [0.5, 0.6) is 0 Å². The normalized spacial score (nSPS) is 12.5. The summed E-state index contributed by atoms with van der Waals surface area (Å²) in [5.41, 5.74) is 0.868. The lowest BCUT2D eigenvalue weighted by Crippen LogP contribution is -2.73. The number of ether oxygens (including phenoxy) is 2. The smallest absolute Gasteiger partial charge is 0.386 e. The van der Waals surface area contributed by atoms with Gasteiger partial charge in [-0.3, -0.25) is 0 Å². The van der Waals surface area contributed by atoms with Gasteiger partial charge in [0.15, 0.2) is 0 Å². The fourth-order valence-electron chi connectivity index (χ4n) is 7.11. The number of carbonyl (C=O) groups excluding carboxylic acids is 2. The van der Waals surface area contributed by atoms with Gasteiger partial charge >= 0.3 is 20.5 Å². The van der Waals surface area contributed by atoms with Crippen LogP contribution in [0.15, 0.2) is 133 Å². The largest absolute Gasteiger partial charge is 0.462 e. The molecule has 0 spiro atoms. The van der Waals surface area contributed by atoms with Crippen molar-refractivity contribution in [1.29, 1.82) is 0 Å². The van der Waals surface area contributed by atoms with Gasteiger partial charge in [-0.25, -0.2) is 9.59 Å². The highest BCUT2D eigenvalue weighted by atomic mass is 28.5. The van der Waals surface area contributed by atoms with E-state index in [4.69, 9.17) is 17.7 Å². The second-order valence-electron chi connectivity index (χ2n) is 17.5. The molecule has 0 aliphatic rings. The van der Waals surface area contributed by atoms with Crippen LogP contribution in [0.25, 0.3) is 0 Å². The van der Waals surface area contributed by atoms with Crippen LogP contribution in [-0.2, 0) is 27.3 Å². The number of rotatable bonds is 20. The van der Waals surface area contributed by atoms with Crippen molar-refractivity contribution in [2.75, 3.05) is 13.2 Å². The molecule has 0 bridgehead atoms. The molecule has 11 heteroatoms. The first kappa shape index (κ1) is 46.0. The maximum atomic E-state index is 11.9. The van der Waals surface area contributed by atoms with E-state index in [0.29, 0.717) is 24.4 Å². The van der Waals surface area contributed by atoms with Crippen LogP contribution in [0.3, 0.4) is 0 Å². The predicted molar refractivity (Wildman–Crippen MR) is 252 cm³/mol. The Morgan fingerprint density at radius 1 is 0.456 bits per heavy atom. The average Bonchev–Trinajstić information content (AvgIpc) is 3.18. The Morgan fingerprint density at radius 3 is 1.05 bits per heavy atom. The highest BCUT2D eigenvalue weighted by Crippen LogP contribution is 2.23. The first-order valence-corrected chi connectivity index (χ1v) is 34.1. The van der Waals surface area contributed by atoms with Crippen LogP contribution in [-0.4, -0.2) is 66.5 Å². The Morgan fingerprint density at radius 2 is 0.754 bits per heavy atom. The van der Waals surface area contributed by atoms with Crippen LogP contribution in [0, 0.1) is 0 Å². The fourth-order valence-corrected chi connectivity index (χ4v) is 24.5. The molecular formula is C46H64O6Si5. The topological polar surface area (TPSA) is 71.1 Å². The second-order valence-corrected chi connectivity index (χ2v) is 38.4. The highest BCUT2D eigenvalue weighted by molar-refractivity contribution is 7.06. The molecular weight excluding hydrogens is 789 g/mol. The Balaban J connectivity index is 1.63. The minimum absolute atomic E-state index is 0.320. The van der Waals surface area contributed by atoms with Gasteiger partial charge in [0.25, 0.3) is 0 Å². The van der Waals surface area contributed by atoms with Gasteiger partial charge in [0.05, 0.1) is 29.4 Å². The zero-order chi connectivity index (χ0) is 42.1. The zero-order valence-corrected chi connectivity index (χ0v) is 41.0. The number of hydrogen-bond donors (Lipinski definition) is 0. The Labute approximate surface area is 347 Å². The van der Waals surface area contributed by atoms with E-state index in [1.807, 2.05) is 0 Å². The van der Waals surface area contributed by atoms with E-state index in [1.165, 1.54) is 20.7 Å². The molecule has 57 heavy (non-hydrogen) atoms. The van der Waals surface area contributed by atoms with Crippen molar-refractivity contribution >= 4 is 84.4 Å². The first-order valence-electron chi connectivity index (χ1n) is 20.1. The molecule has 0 amide bonds. The molecule has 4 rings (SSSR count). The van der Waals surface area contributed by atoms with E-state index in [1.54, 1.807) is 13.8 Å². The van der Waals surface area contributed by atoms with E-state index in [2.05, 4.69) is 175 Å². The third-order valence-corrected chi connectivity index (χ3v) is 29.9. The summed E-state index contributed by atoms with van der Waals surface area (Å²) >= 11 is 0. The molecule has 0 atom stereocenters. The SMILES string of the molecule is C=C(C)C(=O)OCCC[Si](C)(C)c1ccc([Si](C)(C)O[Si](O[Si](C)(C)c2ccc([Si](C)(C)CCCOC(=O)C(=C)C)cc2)(c2ccccc2)c2ccccc2)cc1. The minimum atomic E-state index is -3.32. The van der Waals surface area contributed by atoms with Gasteiger partial charge in [-0.15, -0.1) is 0 Å². The zero-order valence-electron chi connectivity index (χ0n) is 36.0. The first-order chi connectivity index (χ1) is 26.7. The molecule has 0 heterocycles. The van der Waals surface area contributed by atoms with Crippen LogP contribution in [0.1, 0.15) is 26.7 Å². The van der Waals surface area contributed by atoms with Crippen LogP contribution in [0.2, 0.25) is 64.5 Å². The summed E-state index contributed by atoms with van der Waals surface area (Å²) in [6, 6.07) is 41.6. The summed E-state index contributed by atoms with van der Waals surface area (Å²) in [4.78, 5) is 23.7. The summed E-state index contributed by atoms with van der Waals surface area (Å²) < 4.78 is 26.3. The maximum absolute atomic E-state index is 11.9. The van der Waals surface area contributed by atoms with E-state index in [9.17, 15) is 9.59 Å². The number of esters is 2. The monoisotopic (exact) mass is 852 g/mol. The minimum Gasteiger partial charge on any atom is -0.462 e. The molecule has 4 aromatic rings. The van der Waals surface area contributed by atoms with Crippen molar-refractivity contribution in [2.45, 2.75) is 91.2 Å². The molecule has 4 aromatic carbocycles. The number of hydrogen-bond acceptors (Lipinski definition) is 6. The van der Waals surface area contributed by atoms with Gasteiger partial charge in [0.2, 0.25) is 16.6 Å². The summed E-state index contributed by atoms with van der Waals surface area (Å²) in [6.07, 6.45) is 1.67. The van der Waals surface area contributed by atoms with Gasteiger partial charge in [0, 0.05) is 11.1 Å². The van der Waals surface area contributed by atoms with Gasteiger partial charge in [0.1, 0.15) is 0 Å². The van der Waals surface area contributed by atoms with Crippen LogP contribution in [0.4, 0.5) is 0 Å². The molecule has 0 saturated heterocycles. The summed E-state index contributed by atoms with van der Waals surface area (Å²) in [7, 11) is -12.1. The highest BCUT2D eigenvalue weighted by Gasteiger charge is 2.51. The lowest BCUT2D eigenvalue weighted by Gasteiger charge is -2.43. The number of benzene rings is 4. The quantitative estimate of drug-likeness (QED) is 0.0401. The Hall–Kier alpha value is -3.70. The molecule has 0 unspecified atom stereocenters. The molecule has 0 N–H and O–H groups in total. The average molecular weight is 853 g/mol. The molecule has 0 aliphatic carbocycles. The van der Waals surface area contributed by atoms with Crippen molar-refractivity contribution in [3.8, 4) is 0 Å². The summed E-state index contributed by atoms with van der Waals surface area (Å²) in [6.45, 7) is 30.3. The van der Waals surface area contributed by atoms with Crippen molar-refractivity contribution in [3.05, 3.63) is 133 Å². The molecule has 0 aromatic heterocycles. The predicted octanol–water partition coefficient (Wildman–Crippen LogP) is 7.35. The maximum Gasteiger partial charge on any atom is 0.386 e. The van der Waals surface area contributed by atoms with Gasteiger partial charge < -0.3 is 17.7 Å². The third kappa shape index (κ3) is 12.2. The Bertz CT molecular complexity index is 1830. The van der Waals surface area contributed by atoms with E-state index < -0.39 is 41.3 Å². The van der Waals surface area contributed by atoms with Gasteiger partial charge in [-0.1, -0.05) is 171 Å². The fraction of sp³-hybridized carbons (Fsp3) is 0.348. The summed E-state index contributed by atoms with van der Waals surface area (Å²) in [5.74, 6) is -0.640. The molecule has 0 saturated carbocycles. The molecule has 304 valence electrons. The van der Waals surface area contributed by atoms with Gasteiger partial charge in [-0.2, -0.15) is 0 Å². The van der Waals surface area contributed by atoms with E-state index >= 15 is 0 Å². The summed E-state index contributed by atoms with van der Waals surface area (Å²) in [5, 5.41) is 7.42. The van der Waals surface area contributed by atoms with Gasteiger partial charge in [-0.05, 0) is 73.6 Å². The number of carbonyl (C=O) groups is 2. The Kier molecular flexibility index (Phi) is 15.6. The lowest BCUT2D eigenvalue weighted by atomic mass is 10.4. The van der Waals surface area contributed by atoms with Crippen molar-refractivity contribution in [1.82, 2.24) is 0 Å². The van der Waals surface area contributed by atoms with Crippen molar-refractivity contribution < 1.29 is 27.3 Å². The standard InChI is InChI=1S/C46H64O6Si5/c1-37(2)45(47)49-33-19-35-53(5,6)39-25-29-41(30-26-39)55(9,10)51-57(43-21-15-13-16-22-43,44-23-17-14-18-24-44)52-56(11,12)42-31-27-40(28-32-42)54(7,8)36-20-34-50-46(48)38(3)4/h13-18,21-32H,1,3,19-20,33-36H2,2,4-12H3. The molecule has 0 fully saturated rings. The van der Waals surface area contributed by atoms with Crippen molar-refractivity contribution in [3.63, 3.8) is 0 Å². The molecule has 0 aliphatic heterocycles. The van der Waals surface area contributed by atoms with Crippen LogP contribution < -0.4 is 31.1 Å².